The van der Waals surface area contributed by atoms with Gasteiger partial charge >= 0.3 is 19.5 Å². The fourth-order valence-electron chi connectivity index (χ4n) is 2.57. The summed E-state index contributed by atoms with van der Waals surface area (Å²) in [6.45, 7) is 3.42. The van der Waals surface area contributed by atoms with E-state index < -0.39 is 71.9 Å². The van der Waals surface area contributed by atoms with Crippen molar-refractivity contribution in [2.24, 2.45) is 0 Å². The quantitative estimate of drug-likeness (QED) is 0.100. The average molecular weight is 669 g/mol. The molecule has 3 aromatic rings. The van der Waals surface area contributed by atoms with E-state index >= 15 is 0 Å². The monoisotopic (exact) mass is 669 g/mol. The minimum Gasteiger partial charge on any atom is -0.542 e. The molecule has 1 aromatic carbocycles. The maximum Gasteiger partial charge on any atom is 3.00 e. The number of carboxylic acid groups (broad SMARTS) is 3. The summed E-state index contributed by atoms with van der Waals surface area (Å²) in [5.41, 5.74) is 1.95. The zero-order valence-corrected chi connectivity index (χ0v) is 24.1. The van der Waals surface area contributed by atoms with Crippen molar-refractivity contribution in [1.29, 1.82) is 0 Å². The maximum atomic E-state index is 10.1. The number of hydrogen-bond acceptors (Lipinski definition) is 14. The van der Waals surface area contributed by atoms with Crippen LogP contribution in [0.1, 0.15) is 40.0 Å². The van der Waals surface area contributed by atoms with Crippen molar-refractivity contribution in [2.45, 2.75) is 40.0 Å². The van der Waals surface area contributed by atoms with E-state index in [4.69, 9.17) is 0 Å². The molecule has 0 atom stereocenters. The van der Waals surface area contributed by atoms with Crippen LogP contribution in [0.15, 0.2) is 48.8 Å². The van der Waals surface area contributed by atoms with E-state index in [0.29, 0.717) is 0 Å². The first kappa shape index (κ1) is 39.2. The summed E-state index contributed by atoms with van der Waals surface area (Å²) in [5, 5.41) is 31.1. The van der Waals surface area contributed by atoms with E-state index in [-0.39, 0.29) is 19.5 Å². The van der Waals surface area contributed by atoms with Gasteiger partial charge in [0.15, 0.2) is 17.3 Å². The van der Waals surface area contributed by atoms with Crippen molar-refractivity contribution in [3.63, 3.8) is 0 Å². The first-order chi connectivity index (χ1) is 19.1. The predicted octanol–water partition coefficient (Wildman–Crippen LogP) is -2.37. The standard InChI is InChI=1S/C12H8N2.3C5H6O4.Ru/c1-3-9-5-6-10-4-2-8-14-12(10)11(9)13-7-1;3*1-3(6)2-4(7)5(8)9;/h1-8H;3*2H2,1H3,(H,8,9);/q;;;;+3/p-3. The molecule has 0 fully saturated rings. The van der Waals surface area contributed by atoms with Crippen molar-refractivity contribution in [1.82, 2.24) is 9.97 Å². The van der Waals surface area contributed by atoms with Gasteiger partial charge in [0, 0.05) is 23.2 Å². The molecule has 0 amide bonds. The molecule has 42 heavy (non-hydrogen) atoms. The zero-order valence-electron chi connectivity index (χ0n) is 22.4. The topological polar surface area (TPSA) is 249 Å². The van der Waals surface area contributed by atoms with Crippen molar-refractivity contribution in [2.75, 3.05) is 0 Å². The Kier molecular flexibility index (Phi) is 18.7. The third kappa shape index (κ3) is 16.3. The van der Waals surface area contributed by atoms with Gasteiger partial charge < -0.3 is 29.7 Å². The molecule has 0 N–H and O–H groups in total. The fraction of sp³-hybridized carbons (Fsp3) is 0.222. The first-order valence-electron chi connectivity index (χ1n) is 11.4. The van der Waals surface area contributed by atoms with E-state index in [1.54, 1.807) is 12.4 Å². The van der Waals surface area contributed by atoms with Crippen LogP contribution in [-0.4, -0.2) is 62.6 Å². The van der Waals surface area contributed by atoms with Crippen LogP contribution in [0.4, 0.5) is 0 Å². The second-order valence-corrected chi connectivity index (χ2v) is 7.98. The number of aliphatic carboxylic acids is 3. The van der Waals surface area contributed by atoms with E-state index in [0.717, 1.165) is 42.6 Å². The van der Waals surface area contributed by atoms with Gasteiger partial charge in [-0.3, -0.25) is 38.7 Å². The maximum absolute atomic E-state index is 10.1. The largest absolute Gasteiger partial charge is 3.00 e. The van der Waals surface area contributed by atoms with E-state index in [1.165, 1.54) is 0 Å². The van der Waals surface area contributed by atoms with Crippen LogP contribution in [0, 0.1) is 0 Å². The number of carbonyl (C=O) groups excluding carboxylic acids is 9. The summed E-state index contributed by atoms with van der Waals surface area (Å²) in [4.78, 5) is 97.9. The molecule has 0 saturated heterocycles. The molecular formula is C27H23N2O12Ru. The van der Waals surface area contributed by atoms with Gasteiger partial charge in [-0.05, 0) is 32.9 Å². The van der Waals surface area contributed by atoms with Gasteiger partial charge in [-0.1, -0.05) is 24.3 Å². The third-order valence-corrected chi connectivity index (χ3v) is 4.26. The van der Waals surface area contributed by atoms with Crippen LogP contribution >= 0.6 is 0 Å². The predicted molar refractivity (Wildman–Crippen MR) is 133 cm³/mol. The molecular weight excluding hydrogens is 645 g/mol. The van der Waals surface area contributed by atoms with Crippen LogP contribution < -0.4 is 15.3 Å². The number of pyridine rings is 2. The molecule has 15 heteroatoms. The Labute approximate surface area is 250 Å². The zero-order chi connectivity index (χ0) is 31.7. The summed E-state index contributed by atoms with van der Waals surface area (Å²) in [6, 6.07) is 12.1. The van der Waals surface area contributed by atoms with Gasteiger partial charge in [-0.15, -0.1) is 0 Å². The van der Waals surface area contributed by atoms with Gasteiger partial charge in [0.05, 0.1) is 30.3 Å². The Morgan fingerprint density at radius 1 is 0.524 bits per heavy atom. The number of nitrogens with zero attached hydrogens (tertiary/aromatic N) is 2. The second kappa shape index (κ2) is 20.0. The molecule has 2 heterocycles. The van der Waals surface area contributed by atoms with Crippen LogP contribution in [0.2, 0.25) is 0 Å². The molecule has 0 unspecified atom stereocenters. The molecule has 0 spiro atoms. The average Bonchev–Trinajstić information content (AvgIpc) is 2.88. The Bertz CT molecular complexity index is 1360. The SMILES string of the molecule is CC(=O)CC(=O)C(=O)[O-].CC(=O)CC(=O)C(=O)[O-].CC(=O)CC(=O)C(=O)[O-].[Ru+3].c1cnc2c(c1)ccc1cccnc12. The molecule has 3 rings (SSSR count). The summed E-state index contributed by atoms with van der Waals surface area (Å²) < 4.78 is 0. The number of Topliss-reactive ketones (excluding diaryl/α,β-unsaturated/α-hetero) is 6. The van der Waals surface area contributed by atoms with Gasteiger partial charge in [-0.25, -0.2) is 0 Å². The number of aromatic nitrogens is 2. The number of fused-ring (bicyclic) bond motifs is 3. The number of carbonyl (C=O) groups is 9. The van der Waals surface area contributed by atoms with Crippen LogP contribution in [-0.2, 0) is 62.6 Å². The summed E-state index contributed by atoms with van der Waals surface area (Å²) in [7, 11) is 0. The molecule has 0 saturated carbocycles. The summed E-state index contributed by atoms with van der Waals surface area (Å²) >= 11 is 0. The third-order valence-electron chi connectivity index (χ3n) is 4.26. The Hall–Kier alpha value is -4.91. The van der Waals surface area contributed by atoms with Gasteiger partial charge in [-0.2, -0.15) is 0 Å². The van der Waals surface area contributed by atoms with Crippen LogP contribution in [0.5, 0.6) is 0 Å². The van der Waals surface area contributed by atoms with E-state index in [2.05, 4.69) is 34.2 Å². The molecule has 0 bridgehead atoms. The number of ketones is 6. The van der Waals surface area contributed by atoms with E-state index in [9.17, 15) is 58.5 Å². The van der Waals surface area contributed by atoms with Crippen molar-refractivity contribution in [3.8, 4) is 0 Å². The number of rotatable bonds is 9. The number of carboxylic acids is 3. The number of hydrogen-bond donors (Lipinski definition) is 0. The minimum atomic E-state index is -1.80. The van der Waals surface area contributed by atoms with Crippen molar-refractivity contribution >= 4 is 74.4 Å². The normalized spacial score (nSPS) is 9.12. The van der Waals surface area contributed by atoms with Crippen LogP contribution in [0.3, 0.4) is 0 Å². The van der Waals surface area contributed by atoms with Crippen molar-refractivity contribution < 1.29 is 77.9 Å². The molecule has 0 aliphatic carbocycles. The second-order valence-electron chi connectivity index (χ2n) is 7.98. The van der Waals surface area contributed by atoms with Crippen molar-refractivity contribution in [3.05, 3.63) is 48.8 Å². The fourth-order valence-corrected chi connectivity index (χ4v) is 2.57. The van der Waals surface area contributed by atoms with Gasteiger partial charge in [0.25, 0.3) is 0 Å². The molecule has 0 aliphatic rings. The first-order valence-corrected chi connectivity index (χ1v) is 11.4. The molecule has 14 nitrogen and oxygen atoms in total. The van der Waals surface area contributed by atoms with Gasteiger partial charge in [0.2, 0.25) is 0 Å². The smallest absolute Gasteiger partial charge is 0.542 e. The minimum absolute atomic E-state index is 0. The Morgan fingerprint density at radius 3 is 0.976 bits per heavy atom. The van der Waals surface area contributed by atoms with E-state index in [1.807, 2.05) is 12.1 Å². The molecule has 1 radical (unpaired) electrons. The molecule has 221 valence electrons. The number of benzene rings is 1. The Balaban J connectivity index is 0. The Morgan fingerprint density at radius 2 is 0.786 bits per heavy atom. The molecule has 2 aromatic heterocycles. The molecule has 0 aliphatic heterocycles. The summed E-state index contributed by atoms with van der Waals surface area (Å²) in [6.07, 6.45) is 1.90. The van der Waals surface area contributed by atoms with Gasteiger partial charge in [0.1, 0.15) is 35.3 Å². The van der Waals surface area contributed by atoms with Crippen LogP contribution in [0.25, 0.3) is 21.8 Å². The summed E-state index contributed by atoms with van der Waals surface area (Å²) in [5.74, 6) is -10.3.